The quantitative estimate of drug-likeness (QED) is 0.293. The molecular formula is C19H23FIN3O2. The van der Waals surface area contributed by atoms with E-state index >= 15 is 0 Å². The maximum atomic E-state index is 13.2. The first-order chi connectivity index (χ1) is 12.1. The van der Waals surface area contributed by atoms with E-state index in [1.807, 2.05) is 18.2 Å². The molecule has 0 saturated carbocycles. The Morgan fingerprint density at radius 2 is 1.73 bits per heavy atom. The number of hydrogen-bond donors (Lipinski definition) is 2. The van der Waals surface area contributed by atoms with Gasteiger partial charge in [0.2, 0.25) is 0 Å². The molecule has 0 heterocycles. The Morgan fingerprint density at radius 1 is 1.08 bits per heavy atom. The van der Waals surface area contributed by atoms with Crippen molar-refractivity contribution in [2.45, 2.75) is 20.0 Å². The Bertz CT molecular complexity index is 736. The van der Waals surface area contributed by atoms with Crippen molar-refractivity contribution in [3.05, 3.63) is 71.0 Å². The van der Waals surface area contributed by atoms with E-state index in [1.165, 1.54) is 12.1 Å². The van der Waals surface area contributed by atoms with Crippen molar-refractivity contribution < 1.29 is 13.9 Å². The molecule has 0 fully saturated rings. The number of esters is 1. The molecule has 0 aromatic heterocycles. The number of nitrogens with one attached hydrogen (secondary N) is 2. The normalized spacial score (nSPS) is 10.7. The zero-order chi connectivity index (χ0) is 18.1. The van der Waals surface area contributed by atoms with Crippen molar-refractivity contribution in [1.29, 1.82) is 0 Å². The van der Waals surface area contributed by atoms with Gasteiger partial charge in [0.1, 0.15) is 5.82 Å². The van der Waals surface area contributed by atoms with E-state index in [4.69, 9.17) is 4.74 Å². The molecule has 7 heteroatoms. The summed E-state index contributed by atoms with van der Waals surface area (Å²) in [5.74, 6) is 0.0252. The summed E-state index contributed by atoms with van der Waals surface area (Å²) in [6.45, 7) is 3.15. The van der Waals surface area contributed by atoms with Crippen molar-refractivity contribution in [1.82, 2.24) is 10.6 Å². The predicted molar refractivity (Wildman–Crippen MR) is 111 cm³/mol. The minimum absolute atomic E-state index is 0. The first kappa shape index (κ1) is 21.9. The van der Waals surface area contributed by atoms with Gasteiger partial charge < -0.3 is 15.4 Å². The van der Waals surface area contributed by atoms with Gasteiger partial charge >= 0.3 is 5.97 Å². The van der Waals surface area contributed by atoms with E-state index in [2.05, 4.69) is 15.6 Å². The molecule has 0 bridgehead atoms. The van der Waals surface area contributed by atoms with Crippen LogP contribution >= 0.6 is 24.0 Å². The number of aliphatic imine (C=N–C) groups is 1. The molecule has 5 nitrogen and oxygen atoms in total. The summed E-state index contributed by atoms with van der Waals surface area (Å²) in [4.78, 5) is 15.8. The van der Waals surface area contributed by atoms with Gasteiger partial charge in [-0.1, -0.05) is 24.3 Å². The lowest BCUT2D eigenvalue weighted by atomic mass is 10.1. The molecular weight excluding hydrogens is 448 g/mol. The summed E-state index contributed by atoms with van der Waals surface area (Å²) in [6, 6.07) is 13.6. The predicted octanol–water partition coefficient (Wildman–Crippen LogP) is 3.49. The SMILES string of the molecule is CCOC(=O)c1ccc(CNC(=NC)NCc2cccc(F)c2)cc1.I. The topological polar surface area (TPSA) is 62.7 Å². The molecule has 0 aliphatic rings. The Labute approximate surface area is 170 Å². The van der Waals surface area contributed by atoms with Crippen LogP contribution in [0, 0.1) is 5.82 Å². The Morgan fingerprint density at radius 3 is 2.31 bits per heavy atom. The van der Waals surface area contributed by atoms with Crippen LogP contribution in [0.1, 0.15) is 28.4 Å². The minimum Gasteiger partial charge on any atom is -0.462 e. The third kappa shape index (κ3) is 6.99. The van der Waals surface area contributed by atoms with Crippen LogP contribution in [0.4, 0.5) is 4.39 Å². The molecule has 0 unspecified atom stereocenters. The largest absolute Gasteiger partial charge is 0.462 e. The molecule has 2 aromatic rings. The Balaban J connectivity index is 0.00000338. The highest BCUT2D eigenvalue weighted by Crippen LogP contribution is 2.06. The molecule has 0 aliphatic carbocycles. The number of carbonyl (C=O) groups excluding carboxylic acids is 1. The standard InChI is InChI=1S/C19H22FN3O2.HI/c1-3-25-18(24)16-9-7-14(8-10-16)12-22-19(21-2)23-13-15-5-4-6-17(20)11-15;/h4-11H,3,12-13H2,1-2H3,(H2,21,22,23);1H. The van der Waals surface area contributed by atoms with Gasteiger partial charge in [-0.15, -0.1) is 24.0 Å². The van der Waals surface area contributed by atoms with Crippen molar-refractivity contribution in [3.63, 3.8) is 0 Å². The first-order valence-electron chi connectivity index (χ1n) is 8.07. The van der Waals surface area contributed by atoms with Gasteiger partial charge in [-0.3, -0.25) is 4.99 Å². The number of carbonyl (C=O) groups is 1. The van der Waals surface area contributed by atoms with Crippen LogP contribution in [0.5, 0.6) is 0 Å². The summed E-state index contributed by atoms with van der Waals surface area (Å²) in [5, 5.41) is 6.30. The summed E-state index contributed by atoms with van der Waals surface area (Å²) >= 11 is 0. The Hall–Kier alpha value is -2.16. The van der Waals surface area contributed by atoms with Crippen LogP contribution in [0.3, 0.4) is 0 Å². The number of halogens is 2. The lowest BCUT2D eigenvalue weighted by Gasteiger charge is -2.12. The summed E-state index contributed by atoms with van der Waals surface area (Å²) in [6.07, 6.45) is 0. The summed E-state index contributed by atoms with van der Waals surface area (Å²) in [5.41, 5.74) is 2.36. The number of hydrogen-bond acceptors (Lipinski definition) is 3. The van der Waals surface area contributed by atoms with Gasteiger partial charge in [0.05, 0.1) is 12.2 Å². The van der Waals surface area contributed by atoms with Crippen LogP contribution in [0.2, 0.25) is 0 Å². The van der Waals surface area contributed by atoms with Gasteiger partial charge in [0.25, 0.3) is 0 Å². The van der Waals surface area contributed by atoms with E-state index in [0.717, 1.165) is 11.1 Å². The van der Waals surface area contributed by atoms with Gasteiger partial charge in [-0.05, 0) is 42.3 Å². The van der Waals surface area contributed by atoms with Crippen molar-refractivity contribution in [2.75, 3.05) is 13.7 Å². The molecule has 2 aromatic carbocycles. The number of rotatable bonds is 6. The molecule has 2 N–H and O–H groups in total. The van der Waals surface area contributed by atoms with E-state index < -0.39 is 0 Å². The zero-order valence-corrected chi connectivity index (χ0v) is 17.1. The molecule has 140 valence electrons. The highest BCUT2D eigenvalue weighted by molar-refractivity contribution is 14.0. The summed E-state index contributed by atoms with van der Waals surface area (Å²) in [7, 11) is 1.67. The van der Waals surface area contributed by atoms with E-state index in [9.17, 15) is 9.18 Å². The minimum atomic E-state index is -0.324. The fourth-order valence-electron chi connectivity index (χ4n) is 2.21. The fourth-order valence-corrected chi connectivity index (χ4v) is 2.21. The maximum Gasteiger partial charge on any atom is 0.338 e. The molecule has 0 aliphatic heterocycles. The van der Waals surface area contributed by atoms with Crippen LogP contribution in [0.25, 0.3) is 0 Å². The average Bonchev–Trinajstić information content (AvgIpc) is 2.62. The second-order valence-electron chi connectivity index (χ2n) is 5.33. The molecule has 0 spiro atoms. The van der Waals surface area contributed by atoms with Gasteiger partial charge in [0, 0.05) is 20.1 Å². The van der Waals surface area contributed by atoms with Crippen molar-refractivity contribution >= 4 is 35.9 Å². The van der Waals surface area contributed by atoms with Crippen molar-refractivity contribution in [2.24, 2.45) is 4.99 Å². The van der Waals surface area contributed by atoms with Gasteiger partial charge in [0.15, 0.2) is 5.96 Å². The summed E-state index contributed by atoms with van der Waals surface area (Å²) < 4.78 is 18.1. The lowest BCUT2D eigenvalue weighted by molar-refractivity contribution is 0.0526. The third-order valence-corrected chi connectivity index (χ3v) is 3.50. The lowest BCUT2D eigenvalue weighted by Crippen LogP contribution is -2.36. The first-order valence-corrected chi connectivity index (χ1v) is 8.07. The number of ether oxygens (including phenoxy) is 1. The van der Waals surface area contributed by atoms with E-state index in [1.54, 1.807) is 32.2 Å². The van der Waals surface area contributed by atoms with Gasteiger partial charge in [-0.25, -0.2) is 9.18 Å². The van der Waals surface area contributed by atoms with Crippen LogP contribution < -0.4 is 10.6 Å². The average molecular weight is 471 g/mol. The van der Waals surface area contributed by atoms with Gasteiger partial charge in [-0.2, -0.15) is 0 Å². The van der Waals surface area contributed by atoms with E-state index in [0.29, 0.717) is 31.2 Å². The number of nitrogens with zero attached hydrogens (tertiary/aromatic N) is 1. The third-order valence-electron chi connectivity index (χ3n) is 3.50. The molecule has 26 heavy (non-hydrogen) atoms. The molecule has 2 rings (SSSR count). The van der Waals surface area contributed by atoms with Crippen molar-refractivity contribution in [3.8, 4) is 0 Å². The highest BCUT2D eigenvalue weighted by Gasteiger charge is 2.06. The molecule has 0 saturated heterocycles. The fraction of sp³-hybridized carbons (Fsp3) is 0.263. The second kappa shape index (κ2) is 11.5. The molecule has 0 atom stereocenters. The monoisotopic (exact) mass is 471 g/mol. The molecule has 0 amide bonds. The van der Waals surface area contributed by atoms with E-state index in [-0.39, 0.29) is 35.8 Å². The highest BCUT2D eigenvalue weighted by atomic mass is 127. The zero-order valence-electron chi connectivity index (χ0n) is 14.8. The number of benzene rings is 2. The van der Waals surface area contributed by atoms with Crippen LogP contribution in [0.15, 0.2) is 53.5 Å². The van der Waals surface area contributed by atoms with Crippen LogP contribution in [-0.4, -0.2) is 25.6 Å². The van der Waals surface area contributed by atoms with Crippen LogP contribution in [-0.2, 0) is 17.8 Å². The smallest absolute Gasteiger partial charge is 0.338 e. The number of guanidine groups is 1. The molecule has 0 radical (unpaired) electrons. The Kier molecular flexibility index (Phi) is 9.64. The second-order valence-corrected chi connectivity index (χ2v) is 5.33. The maximum absolute atomic E-state index is 13.2.